The highest BCUT2D eigenvalue weighted by atomic mass is 16.6. The summed E-state index contributed by atoms with van der Waals surface area (Å²) in [4.78, 5) is 25.6. The molecule has 1 aliphatic heterocycles. The molecular weight excluding hydrogens is 332 g/mol. The van der Waals surface area contributed by atoms with E-state index >= 15 is 0 Å². The molecule has 0 bridgehead atoms. The van der Waals surface area contributed by atoms with E-state index in [1.54, 1.807) is 11.0 Å². The predicted octanol–water partition coefficient (Wildman–Crippen LogP) is 4.36. The zero-order valence-electron chi connectivity index (χ0n) is 17.0. The molecule has 0 saturated carbocycles. The lowest BCUT2D eigenvalue weighted by Gasteiger charge is -2.36. The summed E-state index contributed by atoms with van der Waals surface area (Å²) in [5.41, 5.74) is 1.53. The second-order valence-electron chi connectivity index (χ2n) is 9.15. The van der Waals surface area contributed by atoms with Gasteiger partial charge in [-0.2, -0.15) is 0 Å². The largest absolute Gasteiger partial charge is 0.478 e. The Morgan fingerprint density at radius 1 is 1.12 bits per heavy atom. The molecule has 1 aromatic rings. The molecule has 1 saturated heterocycles. The van der Waals surface area contributed by atoms with Gasteiger partial charge in [-0.1, -0.05) is 20.8 Å². The van der Waals surface area contributed by atoms with Gasteiger partial charge in [0.2, 0.25) is 0 Å². The monoisotopic (exact) mass is 364 g/mol. The van der Waals surface area contributed by atoms with Crippen molar-refractivity contribution in [1.82, 2.24) is 9.47 Å². The summed E-state index contributed by atoms with van der Waals surface area (Å²) >= 11 is 0. The fourth-order valence-corrected chi connectivity index (χ4v) is 3.52. The molecule has 2 heterocycles. The van der Waals surface area contributed by atoms with E-state index in [1.165, 1.54) is 0 Å². The van der Waals surface area contributed by atoms with Gasteiger partial charge in [0.1, 0.15) is 5.60 Å². The number of likely N-dealkylation sites (tertiary alicyclic amines) is 1. The van der Waals surface area contributed by atoms with Gasteiger partial charge in [-0.15, -0.1) is 0 Å². The van der Waals surface area contributed by atoms with Crippen molar-refractivity contribution < 1.29 is 19.4 Å². The number of carbonyl (C=O) groups is 2. The average Bonchev–Trinajstić information content (AvgIpc) is 2.83. The van der Waals surface area contributed by atoms with Crippen LogP contribution in [-0.4, -0.2) is 45.3 Å². The normalized spacial score (nSPS) is 16.7. The van der Waals surface area contributed by atoms with E-state index < -0.39 is 11.6 Å². The summed E-state index contributed by atoms with van der Waals surface area (Å²) in [5, 5.41) is 9.51. The molecule has 146 valence electrons. The first-order valence-corrected chi connectivity index (χ1v) is 9.25. The van der Waals surface area contributed by atoms with Crippen LogP contribution >= 0.6 is 0 Å². The summed E-state index contributed by atoms with van der Waals surface area (Å²) in [6.07, 6.45) is 1.30. The maximum Gasteiger partial charge on any atom is 0.410 e. The molecule has 2 rings (SSSR count). The Hall–Kier alpha value is -1.98. The minimum absolute atomic E-state index is 0.152. The molecule has 0 spiro atoms. The standard InChI is InChI=1S/C20H32N2O4/c1-13-15(17(23)24)12-16(19(2,3)4)22(13)14-8-10-21(11-9-14)18(25)26-20(5,6)7/h12,14H,8-11H2,1-7H3,(H,23,24). The number of carbonyl (C=O) groups excluding carboxylic acids is 1. The summed E-state index contributed by atoms with van der Waals surface area (Å²) in [6, 6.07) is 1.99. The van der Waals surface area contributed by atoms with Gasteiger partial charge in [0, 0.05) is 35.9 Å². The minimum atomic E-state index is -0.891. The number of rotatable bonds is 2. The number of aromatic carboxylic acids is 1. The van der Waals surface area contributed by atoms with Gasteiger partial charge in [-0.05, 0) is 46.6 Å². The Morgan fingerprint density at radius 2 is 1.65 bits per heavy atom. The lowest BCUT2D eigenvalue weighted by molar-refractivity contribution is 0.0186. The van der Waals surface area contributed by atoms with Gasteiger partial charge < -0.3 is 19.3 Å². The van der Waals surface area contributed by atoms with Crippen molar-refractivity contribution in [3.05, 3.63) is 23.0 Å². The first-order chi connectivity index (χ1) is 11.8. The average molecular weight is 364 g/mol. The second-order valence-corrected chi connectivity index (χ2v) is 9.15. The molecule has 0 atom stereocenters. The van der Waals surface area contributed by atoms with Crippen LogP contribution in [-0.2, 0) is 10.2 Å². The molecular formula is C20H32N2O4. The van der Waals surface area contributed by atoms with Crippen LogP contribution in [0.25, 0.3) is 0 Å². The Morgan fingerprint density at radius 3 is 2.08 bits per heavy atom. The molecule has 1 aromatic heterocycles. The predicted molar refractivity (Wildman–Crippen MR) is 101 cm³/mol. The molecule has 1 amide bonds. The van der Waals surface area contributed by atoms with Crippen molar-refractivity contribution in [1.29, 1.82) is 0 Å². The van der Waals surface area contributed by atoms with Crippen molar-refractivity contribution in [2.75, 3.05) is 13.1 Å². The number of nitrogens with zero attached hydrogens (tertiary/aromatic N) is 2. The topological polar surface area (TPSA) is 71.8 Å². The Labute approximate surface area is 156 Å². The first kappa shape index (κ1) is 20.3. The number of aromatic nitrogens is 1. The van der Waals surface area contributed by atoms with Crippen LogP contribution in [0.15, 0.2) is 6.07 Å². The van der Waals surface area contributed by atoms with Crippen LogP contribution in [0.5, 0.6) is 0 Å². The molecule has 1 fully saturated rings. The maximum absolute atomic E-state index is 12.3. The third-order valence-corrected chi connectivity index (χ3v) is 4.77. The summed E-state index contributed by atoms with van der Waals surface area (Å²) in [7, 11) is 0. The van der Waals surface area contributed by atoms with E-state index in [-0.39, 0.29) is 17.6 Å². The lowest BCUT2D eigenvalue weighted by atomic mass is 9.91. The Kier molecular flexibility index (Phi) is 5.45. The van der Waals surface area contributed by atoms with Crippen LogP contribution in [0.2, 0.25) is 0 Å². The SMILES string of the molecule is Cc1c(C(=O)O)cc(C(C)(C)C)n1C1CCN(C(=O)OC(C)(C)C)CC1. The molecule has 0 aliphatic carbocycles. The number of carboxylic acid groups (broad SMARTS) is 1. The maximum atomic E-state index is 12.3. The van der Waals surface area contributed by atoms with Crippen molar-refractivity contribution in [2.45, 2.75) is 78.4 Å². The molecule has 1 aliphatic rings. The lowest BCUT2D eigenvalue weighted by Crippen LogP contribution is -2.42. The van der Waals surface area contributed by atoms with Crippen LogP contribution in [0.1, 0.15) is 82.2 Å². The van der Waals surface area contributed by atoms with Gasteiger partial charge in [-0.25, -0.2) is 9.59 Å². The van der Waals surface area contributed by atoms with Gasteiger partial charge in [0.25, 0.3) is 0 Å². The van der Waals surface area contributed by atoms with Crippen LogP contribution < -0.4 is 0 Å². The smallest absolute Gasteiger partial charge is 0.410 e. The van der Waals surface area contributed by atoms with Crippen LogP contribution in [0.4, 0.5) is 4.79 Å². The van der Waals surface area contributed by atoms with Gasteiger partial charge in [0.05, 0.1) is 5.56 Å². The quantitative estimate of drug-likeness (QED) is 0.846. The van der Waals surface area contributed by atoms with E-state index in [4.69, 9.17) is 4.74 Å². The Bertz CT molecular complexity index is 684. The molecule has 0 aromatic carbocycles. The number of amides is 1. The molecule has 26 heavy (non-hydrogen) atoms. The number of piperidine rings is 1. The number of carboxylic acids is 1. The number of ether oxygens (including phenoxy) is 1. The van der Waals surface area contributed by atoms with Crippen molar-refractivity contribution >= 4 is 12.1 Å². The fourth-order valence-electron chi connectivity index (χ4n) is 3.52. The number of hydrogen-bond donors (Lipinski definition) is 1. The van der Waals surface area contributed by atoms with E-state index in [1.807, 2.05) is 27.7 Å². The summed E-state index contributed by atoms with van der Waals surface area (Å²) < 4.78 is 7.63. The fraction of sp³-hybridized carbons (Fsp3) is 0.700. The van der Waals surface area contributed by atoms with Crippen LogP contribution in [0, 0.1) is 6.92 Å². The van der Waals surface area contributed by atoms with E-state index in [0.717, 1.165) is 24.2 Å². The van der Waals surface area contributed by atoms with Gasteiger partial charge in [-0.3, -0.25) is 0 Å². The third kappa shape index (κ3) is 4.40. The molecule has 0 unspecified atom stereocenters. The summed E-state index contributed by atoms with van der Waals surface area (Å²) in [5.74, 6) is -0.891. The first-order valence-electron chi connectivity index (χ1n) is 9.25. The molecule has 6 nitrogen and oxygen atoms in total. The number of hydrogen-bond acceptors (Lipinski definition) is 3. The Balaban J connectivity index is 2.21. The second kappa shape index (κ2) is 6.97. The van der Waals surface area contributed by atoms with E-state index in [2.05, 4.69) is 25.3 Å². The van der Waals surface area contributed by atoms with Crippen molar-refractivity contribution in [3.63, 3.8) is 0 Å². The van der Waals surface area contributed by atoms with Crippen molar-refractivity contribution in [2.24, 2.45) is 0 Å². The minimum Gasteiger partial charge on any atom is -0.478 e. The van der Waals surface area contributed by atoms with Gasteiger partial charge in [0.15, 0.2) is 0 Å². The molecule has 6 heteroatoms. The van der Waals surface area contributed by atoms with Crippen molar-refractivity contribution in [3.8, 4) is 0 Å². The highest BCUT2D eigenvalue weighted by Crippen LogP contribution is 2.34. The van der Waals surface area contributed by atoms with Crippen LogP contribution in [0.3, 0.4) is 0 Å². The molecule has 1 N–H and O–H groups in total. The molecule has 0 radical (unpaired) electrons. The van der Waals surface area contributed by atoms with E-state index in [9.17, 15) is 14.7 Å². The highest BCUT2D eigenvalue weighted by molar-refractivity contribution is 5.89. The zero-order chi connectivity index (χ0) is 19.9. The third-order valence-electron chi connectivity index (χ3n) is 4.77. The van der Waals surface area contributed by atoms with Gasteiger partial charge >= 0.3 is 12.1 Å². The highest BCUT2D eigenvalue weighted by Gasteiger charge is 2.32. The van der Waals surface area contributed by atoms with E-state index in [0.29, 0.717) is 18.7 Å². The summed E-state index contributed by atoms with van der Waals surface area (Å²) in [6.45, 7) is 15.0. The zero-order valence-corrected chi connectivity index (χ0v) is 17.0.